The second kappa shape index (κ2) is 7.87. The van der Waals surface area contributed by atoms with Crippen LogP contribution in [0.3, 0.4) is 0 Å². The minimum absolute atomic E-state index is 0. The van der Waals surface area contributed by atoms with Crippen LogP contribution in [0.25, 0.3) is 0 Å². The number of halogens is 3. The Morgan fingerprint density at radius 1 is 1.32 bits per heavy atom. The fourth-order valence-electron chi connectivity index (χ4n) is 1.61. The molecule has 1 N–H and O–H groups in total. The number of carbonyl (C=O) groups excluding carboxylic acids is 1. The fourth-order valence-corrected chi connectivity index (χ4v) is 2.39. The Labute approximate surface area is 134 Å². The highest BCUT2D eigenvalue weighted by atomic mass is 32.2. The highest BCUT2D eigenvalue weighted by Gasteiger charge is 2.30. The molecule has 9 heteroatoms. The molecular weight excluding hydrogens is 339 g/mol. The molecule has 0 fully saturated rings. The first-order valence-corrected chi connectivity index (χ1v) is 8.21. The minimum atomic E-state index is -4.52. The van der Waals surface area contributed by atoms with E-state index in [1.165, 1.54) is 6.07 Å². The van der Waals surface area contributed by atoms with Crippen molar-refractivity contribution in [1.29, 1.82) is 0 Å². The summed E-state index contributed by atoms with van der Waals surface area (Å²) in [6, 6.07) is 3.61. The predicted octanol–water partition coefficient (Wildman–Crippen LogP) is 2.37. The molecular formula is C13H18F3NO3S2. The minimum Gasteiger partial charge on any atom is -0.350 e. The van der Waals surface area contributed by atoms with Gasteiger partial charge in [-0.25, -0.2) is 8.42 Å². The molecule has 0 aromatic heterocycles. The smallest absolute Gasteiger partial charge is 0.350 e. The van der Waals surface area contributed by atoms with Crippen LogP contribution in [0.1, 0.15) is 29.3 Å². The summed E-state index contributed by atoms with van der Waals surface area (Å²) < 4.78 is 59.7. The van der Waals surface area contributed by atoms with Gasteiger partial charge in [0.25, 0.3) is 5.91 Å². The molecule has 0 bridgehead atoms. The molecule has 0 aliphatic carbocycles. The van der Waals surface area contributed by atoms with Crippen molar-refractivity contribution >= 4 is 29.2 Å². The number of sulfone groups is 1. The molecule has 1 aromatic carbocycles. The van der Waals surface area contributed by atoms with Gasteiger partial charge in [0.15, 0.2) is 0 Å². The Morgan fingerprint density at radius 2 is 1.91 bits per heavy atom. The third-order valence-electron chi connectivity index (χ3n) is 2.75. The van der Waals surface area contributed by atoms with Gasteiger partial charge in [-0.2, -0.15) is 26.7 Å². The predicted molar refractivity (Wildman–Crippen MR) is 83.1 cm³/mol. The summed E-state index contributed by atoms with van der Waals surface area (Å²) in [5, 5.41) is 2.48. The van der Waals surface area contributed by atoms with Crippen LogP contribution in [-0.2, 0) is 16.0 Å². The first-order valence-electron chi connectivity index (χ1n) is 6.15. The number of benzene rings is 1. The van der Waals surface area contributed by atoms with E-state index in [0.717, 1.165) is 24.5 Å². The molecule has 1 aromatic rings. The van der Waals surface area contributed by atoms with Crippen molar-refractivity contribution in [3.05, 3.63) is 35.4 Å². The van der Waals surface area contributed by atoms with E-state index >= 15 is 0 Å². The van der Waals surface area contributed by atoms with Gasteiger partial charge in [-0.3, -0.25) is 4.79 Å². The summed E-state index contributed by atoms with van der Waals surface area (Å²) in [6.07, 6.45) is -3.24. The molecule has 0 aliphatic heterocycles. The number of amides is 1. The van der Waals surface area contributed by atoms with Gasteiger partial charge in [0.2, 0.25) is 0 Å². The van der Waals surface area contributed by atoms with Gasteiger partial charge < -0.3 is 5.32 Å². The fraction of sp³-hybridized carbons (Fsp3) is 0.462. The maximum Gasteiger partial charge on any atom is 0.416 e. The van der Waals surface area contributed by atoms with Crippen LogP contribution in [-0.4, -0.2) is 32.4 Å². The Balaban J connectivity index is 0.00000441. The topological polar surface area (TPSA) is 63.2 Å². The van der Waals surface area contributed by atoms with Crippen molar-refractivity contribution in [3.8, 4) is 0 Å². The van der Waals surface area contributed by atoms with Gasteiger partial charge >= 0.3 is 6.18 Å². The molecule has 0 aliphatic rings. The molecule has 0 unspecified atom stereocenters. The molecule has 0 heterocycles. The first kappa shape index (κ1) is 20.8. The lowest BCUT2D eigenvalue weighted by atomic mass is 10.1. The summed E-state index contributed by atoms with van der Waals surface area (Å²) in [5.74, 6) is -0.765. The lowest BCUT2D eigenvalue weighted by molar-refractivity contribution is -0.137. The number of nitrogens with one attached hydrogen (secondary N) is 1. The van der Waals surface area contributed by atoms with Gasteiger partial charge in [0.05, 0.1) is 11.3 Å². The summed E-state index contributed by atoms with van der Waals surface area (Å²) >= 11 is 0. The van der Waals surface area contributed by atoms with Crippen molar-refractivity contribution in [3.63, 3.8) is 0 Å². The van der Waals surface area contributed by atoms with Crippen molar-refractivity contribution < 1.29 is 26.4 Å². The van der Waals surface area contributed by atoms with Crippen LogP contribution >= 0.6 is 13.5 Å². The lowest BCUT2D eigenvalue weighted by Crippen LogP contribution is -2.34. The van der Waals surface area contributed by atoms with Gasteiger partial charge in [-0.15, -0.1) is 0 Å². The Bertz CT molecular complexity index is 615. The monoisotopic (exact) mass is 357 g/mol. The standard InChI is InChI=1S/C13H16F3NO3S.H2S/c1-9(6-7-21(2,19)20)17-12(18)10-4-3-5-11(8-10)13(14,15)16;/h3-5,8-9H,6-7H2,1-2H3,(H,17,18);1H2/t9-;/m0./s1. The highest BCUT2D eigenvalue weighted by Crippen LogP contribution is 2.29. The maximum absolute atomic E-state index is 12.5. The summed E-state index contributed by atoms with van der Waals surface area (Å²) in [7, 11) is -3.15. The van der Waals surface area contributed by atoms with Crippen molar-refractivity contribution in [2.24, 2.45) is 0 Å². The lowest BCUT2D eigenvalue weighted by Gasteiger charge is -2.14. The van der Waals surface area contributed by atoms with Gasteiger partial charge in [-0.1, -0.05) is 6.07 Å². The third-order valence-corrected chi connectivity index (χ3v) is 3.73. The van der Waals surface area contributed by atoms with Crippen LogP contribution in [0.4, 0.5) is 13.2 Å². The number of rotatable bonds is 5. The second-order valence-electron chi connectivity index (χ2n) is 4.87. The first-order chi connectivity index (χ1) is 9.49. The van der Waals surface area contributed by atoms with Gasteiger partial charge in [0, 0.05) is 17.9 Å². The Hall–Kier alpha value is -1.22. The molecule has 1 rings (SSSR count). The quantitative estimate of drug-likeness (QED) is 0.880. The second-order valence-corrected chi connectivity index (χ2v) is 7.13. The van der Waals surface area contributed by atoms with Gasteiger partial charge in [-0.05, 0) is 31.5 Å². The normalized spacial score (nSPS) is 13.1. The van der Waals surface area contributed by atoms with Crippen LogP contribution in [0.5, 0.6) is 0 Å². The van der Waals surface area contributed by atoms with Gasteiger partial charge in [0.1, 0.15) is 9.84 Å². The zero-order chi connectivity index (χ0) is 16.3. The number of alkyl halides is 3. The van der Waals surface area contributed by atoms with E-state index in [0.29, 0.717) is 0 Å². The maximum atomic E-state index is 12.5. The molecule has 0 saturated heterocycles. The zero-order valence-corrected chi connectivity index (χ0v) is 13.9. The van der Waals surface area contributed by atoms with E-state index in [2.05, 4.69) is 5.32 Å². The zero-order valence-electron chi connectivity index (χ0n) is 12.1. The van der Waals surface area contributed by atoms with E-state index in [1.54, 1.807) is 6.92 Å². The number of hydrogen-bond donors (Lipinski definition) is 1. The van der Waals surface area contributed by atoms with Crippen LogP contribution in [0, 0.1) is 0 Å². The average Bonchev–Trinajstić information content (AvgIpc) is 2.34. The average molecular weight is 357 g/mol. The van der Waals surface area contributed by atoms with E-state index in [9.17, 15) is 26.4 Å². The summed E-state index contributed by atoms with van der Waals surface area (Å²) in [5.41, 5.74) is -1.02. The molecule has 1 amide bonds. The van der Waals surface area contributed by atoms with Crippen molar-refractivity contribution in [2.75, 3.05) is 12.0 Å². The van der Waals surface area contributed by atoms with Crippen LogP contribution in [0.15, 0.2) is 24.3 Å². The van der Waals surface area contributed by atoms with Crippen molar-refractivity contribution in [1.82, 2.24) is 5.32 Å². The van der Waals surface area contributed by atoms with Crippen LogP contribution in [0.2, 0.25) is 0 Å². The van der Waals surface area contributed by atoms with Crippen LogP contribution < -0.4 is 5.32 Å². The molecule has 0 spiro atoms. The molecule has 126 valence electrons. The molecule has 0 saturated carbocycles. The molecule has 0 radical (unpaired) electrons. The Morgan fingerprint density at radius 3 is 2.41 bits per heavy atom. The molecule has 4 nitrogen and oxygen atoms in total. The molecule has 1 atom stereocenters. The number of carbonyl (C=O) groups is 1. The summed E-state index contributed by atoms with van der Waals surface area (Å²) in [4.78, 5) is 11.8. The van der Waals surface area contributed by atoms with Crippen molar-refractivity contribution in [2.45, 2.75) is 25.6 Å². The number of hydrogen-bond acceptors (Lipinski definition) is 3. The largest absolute Gasteiger partial charge is 0.416 e. The van der Waals surface area contributed by atoms with E-state index in [4.69, 9.17) is 0 Å². The summed E-state index contributed by atoms with van der Waals surface area (Å²) in [6.45, 7) is 1.59. The third kappa shape index (κ3) is 7.17. The van der Waals surface area contributed by atoms with E-state index in [-0.39, 0.29) is 31.2 Å². The Kier molecular flexibility index (Phi) is 7.43. The SMILES string of the molecule is C[C@@H](CCS(C)(=O)=O)NC(=O)c1cccc(C(F)(F)F)c1.S. The molecule has 22 heavy (non-hydrogen) atoms. The van der Waals surface area contributed by atoms with E-state index in [1.807, 2.05) is 0 Å². The van der Waals surface area contributed by atoms with E-state index < -0.39 is 33.5 Å². The highest BCUT2D eigenvalue weighted by molar-refractivity contribution is 7.90.